The van der Waals surface area contributed by atoms with Gasteiger partial charge in [-0.05, 0) is 25.1 Å². The summed E-state index contributed by atoms with van der Waals surface area (Å²) in [5.74, 6) is -0.613. The summed E-state index contributed by atoms with van der Waals surface area (Å²) in [6.45, 7) is 1.81. The van der Waals surface area contributed by atoms with Gasteiger partial charge in [-0.15, -0.1) is 0 Å². The predicted octanol–water partition coefficient (Wildman–Crippen LogP) is 3.00. The topological polar surface area (TPSA) is 91.4 Å². The number of pyridine rings is 1. The van der Waals surface area contributed by atoms with Gasteiger partial charge in [0.25, 0.3) is 0 Å². The third kappa shape index (κ3) is 3.06. The zero-order valence-corrected chi connectivity index (χ0v) is 14.0. The van der Waals surface area contributed by atoms with Crippen molar-refractivity contribution in [3.63, 3.8) is 0 Å². The fourth-order valence-corrected chi connectivity index (χ4v) is 2.95. The van der Waals surface area contributed by atoms with E-state index < -0.39 is 22.1 Å². The van der Waals surface area contributed by atoms with E-state index in [1.165, 1.54) is 4.57 Å². The first kappa shape index (κ1) is 17.3. The smallest absolute Gasteiger partial charge is 0.338 e. The Morgan fingerprint density at radius 2 is 1.77 bits per heavy atom. The van der Waals surface area contributed by atoms with E-state index in [4.69, 9.17) is 4.74 Å². The first-order valence-corrected chi connectivity index (χ1v) is 8.06. The van der Waals surface area contributed by atoms with Crippen LogP contribution in [-0.2, 0) is 16.0 Å². The van der Waals surface area contributed by atoms with Crippen LogP contribution in [-0.4, -0.2) is 22.1 Å². The SMILES string of the molecule is CCOC(=O)Cc1c([N+](=O)[O-])c(=O)n(-c2ccccc2)c2ccccc12. The molecule has 1 aromatic heterocycles. The first-order valence-electron chi connectivity index (χ1n) is 8.06. The van der Waals surface area contributed by atoms with Gasteiger partial charge in [-0.25, -0.2) is 0 Å². The van der Waals surface area contributed by atoms with Crippen molar-refractivity contribution < 1.29 is 14.5 Å². The van der Waals surface area contributed by atoms with Gasteiger partial charge in [0, 0.05) is 11.1 Å². The van der Waals surface area contributed by atoms with E-state index in [0.29, 0.717) is 16.6 Å². The molecular weight excluding hydrogens is 336 g/mol. The van der Waals surface area contributed by atoms with Gasteiger partial charge in [-0.2, -0.15) is 0 Å². The number of carbonyl (C=O) groups excluding carboxylic acids is 1. The molecule has 3 aromatic rings. The van der Waals surface area contributed by atoms with Crippen LogP contribution < -0.4 is 5.56 Å². The highest BCUT2D eigenvalue weighted by molar-refractivity contribution is 5.90. The Kier molecular flexibility index (Phi) is 4.79. The minimum atomic E-state index is -0.779. The van der Waals surface area contributed by atoms with Gasteiger partial charge in [0.15, 0.2) is 0 Å². The molecule has 132 valence electrons. The Labute approximate surface area is 148 Å². The predicted molar refractivity (Wildman–Crippen MR) is 96.5 cm³/mol. The summed E-state index contributed by atoms with van der Waals surface area (Å²) in [6, 6.07) is 15.5. The monoisotopic (exact) mass is 352 g/mol. The van der Waals surface area contributed by atoms with Crippen molar-refractivity contribution in [3.8, 4) is 5.69 Å². The van der Waals surface area contributed by atoms with Gasteiger partial charge < -0.3 is 4.74 Å². The normalized spacial score (nSPS) is 10.7. The number of benzene rings is 2. The van der Waals surface area contributed by atoms with E-state index in [9.17, 15) is 19.7 Å². The van der Waals surface area contributed by atoms with Crippen molar-refractivity contribution in [1.29, 1.82) is 0 Å². The Balaban J connectivity index is 2.39. The number of hydrogen-bond acceptors (Lipinski definition) is 5. The highest BCUT2D eigenvalue weighted by atomic mass is 16.6. The standard InChI is InChI=1S/C19H16N2O5/c1-2-26-17(22)12-15-14-10-6-7-11-16(14)20(13-8-4-3-5-9-13)19(23)18(15)21(24)25/h3-11H,2,12H2,1H3. The van der Waals surface area contributed by atoms with Gasteiger partial charge in [0.1, 0.15) is 0 Å². The zero-order valence-electron chi connectivity index (χ0n) is 14.0. The average molecular weight is 352 g/mol. The molecule has 0 saturated heterocycles. The molecule has 0 amide bonds. The van der Waals surface area contributed by atoms with Crippen molar-refractivity contribution >= 4 is 22.6 Å². The molecule has 0 saturated carbocycles. The minimum absolute atomic E-state index is 0.0706. The molecule has 1 heterocycles. The number of aromatic nitrogens is 1. The number of nitro groups is 1. The fraction of sp³-hybridized carbons (Fsp3) is 0.158. The van der Waals surface area contributed by atoms with Crippen LogP contribution in [0.5, 0.6) is 0 Å². The molecule has 7 nitrogen and oxygen atoms in total. The van der Waals surface area contributed by atoms with E-state index >= 15 is 0 Å². The third-order valence-electron chi connectivity index (χ3n) is 3.98. The van der Waals surface area contributed by atoms with Crippen LogP contribution in [0, 0.1) is 10.1 Å². The number of fused-ring (bicyclic) bond motifs is 1. The summed E-state index contributed by atoms with van der Waals surface area (Å²) >= 11 is 0. The number of hydrogen-bond donors (Lipinski definition) is 0. The lowest BCUT2D eigenvalue weighted by Gasteiger charge is -2.14. The maximum absolute atomic E-state index is 13.0. The van der Waals surface area contributed by atoms with E-state index in [2.05, 4.69) is 0 Å². The maximum Gasteiger partial charge on any atom is 0.338 e. The van der Waals surface area contributed by atoms with Crippen LogP contribution in [0.2, 0.25) is 0 Å². The van der Waals surface area contributed by atoms with Gasteiger partial charge >= 0.3 is 17.2 Å². The van der Waals surface area contributed by atoms with Crippen LogP contribution in [0.3, 0.4) is 0 Å². The second kappa shape index (κ2) is 7.18. The van der Waals surface area contributed by atoms with Gasteiger partial charge in [0.05, 0.1) is 29.0 Å². The Morgan fingerprint density at radius 3 is 2.42 bits per heavy atom. The summed E-state index contributed by atoms with van der Waals surface area (Å²) in [7, 11) is 0. The largest absolute Gasteiger partial charge is 0.466 e. The number of carbonyl (C=O) groups is 1. The van der Waals surface area contributed by atoms with Crippen LogP contribution in [0.4, 0.5) is 5.69 Å². The van der Waals surface area contributed by atoms with Crippen molar-refractivity contribution in [2.24, 2.45) is 0 Å². The van der Waals surface area contributed by atoms with Gasteiger partial charge in [0.2, 0.25) is 0 Å². The van der Waals surface area contributed by atoms with Crippen LogP contribution in [0.25, 0.3) is 16.6 Å². The van der Waals surface area contributed by atoms with Crippen molar-refractivity contribution in [3.05, 3.63) is 80.6 Å². The third-order valence-corrected chi connectivity index (χ3v) is 3.98. The van der Waals surface area contributed by atoms with Crippen LogP contribution >= 0.6 is 0 Å². The molecule has 0 N–H and O–H groups in total. The quantitative estimate of drug-likeness (QED) is 0.400. The second-order valence-corrected chi connectivity index (χ2v) is 5.56. The molecule has 0 radical (unpaired) electrons. The molecule has 2 aromatic carbocycles. The van der Waals surface area contributed by atoms with E-state index in [0.717, 1.165) is 0 Å². The summed E-state index contributed by atoms with van der Waals surface area (Å²) in [5.41, 5.74) is -0.311. The van der Waals surface area contributed by atoms with Crippen molar-refractivity contribution in [2.75, 3.05) is 6.61 Å². The Hall–Kier alpha value is -3.48. The summed E-state index contributed by atoms with van der Waals surface area (Å²) in [6.07, 6.45) is -0.338. The zero-order chi connectivity index (χ0) is 18.7. The molecule has 0 aliphatic rings. The molecule has 0 bridgehead atoms. The summed E-state index contributed by atoms with van der Waals surface area (Å²) in [5, 5.41) is 12.1. The Bertz CT molecular complexity index is 1040. The highest BCUT2D eigenvalue weighted by Crippen LogP contribution is 2.27. The molecular formula is C19H16N2O5. The van der Waals surface area contributed by atoms with Crippen LogP contribution in [0.15, 0.2) is 59.4 Å². The number of para-hydroxylation sites is 2. The van der Waals surface area contributed by atoms with E-state index in [-0.39, 0.29) is 18.6 Å². The lowest BCUT2D eigenvalue weighted by molar-refractivity contribution is -0.387. The lowest BCUT2D eigenvalue weighted by atomic mass is 10.0. The highest BCUT2D eigenvalue weighted by Gasteiger charge is 2.27. The number of nitrogens with zero attached hydrogens (tertiary/aromatic N) is 2. The molecule has 0 spiro atoms. The van der Waals surface area contributed by atoms with Gasteiger partial charge in [-0.3, -0.25) is 24.3 Å². The number of rotatable bonds is 5. The number of ether oxygens (including phenoxy) is 1. The lowest BCUT2D eigenvalue weighted by Crippen LogP contribution is -2.25. The minimum Gasteiger partial charge on any atom is -0.466 e. The molecule has 0 fully saturated rings. The van der Waals surface area contributed by atoms with Crippen molar-refractivity contribution in [1.82, 2.24) is 4.57 Å². The average Bonchev–Trinajstić information content (AvgIpc) is 2.62. The molecule has 0 atom stereocenters. The van der Waals surface area contributed by atoms with Crippen molar-refractivity contribution in [2.45, 2.75) is 13.3 Å². The maximum atomic E-state index is 13.0. The molecule has 0 aliphatic carbocycles. The second-order valence-electron chi connectivity index (χ2n) is 5.56. The molecule has 0 aliphatic heterocycles. The van der Waals surface area contributed by atoms with Crippen LogP contribution in [0.1, 0.15) is 12.5 Å². The molecule has 0 unspecified atom stereocenters. The molecule has 3 rings (SSSR count). The van der Waals surface area contributed by atoms with E-state index in [1.54, 1.807) is 61.5 Å². The number of esters is 1. The summed E-state index contributed by atoms with van der Waals surface area (Å²) in [4.78, 5) is 35.8. The molecule has 26 heavy (non-hydrogen) atoms. The van der Waals surface area contributed by atoms with Gasteiger partial charge in [-0.1, -0.05) is 36.4 Å². The fourth-order valence-electron chi connectivity index (χ4n) is 2.95. The Morgan fingerprint density at radius 1 is 1.12 bits per heavy atom. The first-order chi connectivity index (χ1) is 12.5. The summed E-state index contributed by atoms with van der Waals surface area (Å²) < 4.78 is 6.21. The van der Waals surface area contributed by atoms with E-state index in [1.807, 2.05) is 0 Å². The molecule has 7 heteroatoms.